The zero-order valence-corrected chi connectivity index (χ0v) is 13.0. The van der Waals surface area contributed by atoms with Crippen LogP contribution < -0.4 is 0 Å². The van der Waals surface area contributed by atoms with Gasteiger partial charge in [-0.1, -0.05) is 45.2 Å². The third kappa shape index (κ3) is 2.39. The predicted molar refractivity (Wildman–Crippen MR) is 82.7 cm³/mol. The van der Waals surface area contributed by atoms with Gasteiger partial charge in [0.2, 0.25) is 0 Å². The Morgan fingerprint density at radius 1 is 1.05 bits per heavy atom. The van der Waals surface area contributed by atoms with E-state index in [0.717, 1.165) is 4.47 Å². The molecule has 6 heteroatoms. The van der Waals surface area contributed by atoms with Gasteiger partial charge in [-0.2, -0.15) is 0 Å². The van der Waals surface area contributed by atoms with Crippen LogP contribution in [0.3, 0.4) is 0 Å². The maximum Gasteiger partial charge on any atom is 0.163 e. The maximum atomic E-state index is 13.9. The Balaban J connectivity index is 2.32. The van der Waals surface area contributed by atoms with Gasteiger partial charge >= 0.3 is 0 Å². The van der Waals surface area contributed by atoms with Gasteiger partial charge in [0.1, 0.15) is 16.5 Å². The highest BCUT2D eigenvalue weighted by molar-refractivity contribution is 9.10. The number of aromatic nitrogens is 2. The van der Waals surface area contributed by atoms with E-state index >= 15 is 0 Å². The van der Waals surface area contributed by atoms with E-state index in [9.17, 15) is 4.39 Å². The summed E-state index contributed by atoms with van der Waals surface area (Å²) in [6, 6.07) is 9.85. The predicted octanol–water partition coefficient (Wildman–Crippen LogP) is 5.51. The minimum Gasteiger partial charge on any atom is -0.225 e. The van der Waals surface area contributed by atoms with Gasteiger partial charge in [0.25, 0.3) is 0 Å². The maximum absolute atomic E-state index is 13.9. The molecule has 0 bridgehead atoms. The number of hydrogen-bond donors (Lipinski definition) is 0. The molecule has 0 amide bonds. The molecule has 20 heavy (non-hydrogen) atoms. The lowest BCUT2D eigenvalue weighted by molar-refractivity contribution is 0.636. The fraction of sp³-hybridized carbons (Fsp3) is 0. The Morgan fingerprint density at radius 2 is 1.85 bits per heavy atom. The standard InChI is InChI=1S/C14H6BrCl2FN2/c15-7-4-5-10(16)9(6-7)14-19-12-8(13(17)20-14)2-1-3-11(12)18/h1-6H. The van der Waals surface area contributed by atoms with E-state index in [2.05, 4.69) is 25.9 Å². The van der Waals surface area contributed by atoms with Gasteiger partial charge in [0.05, 0.1) is 5.02 Å². The van der Waals surface area contributed by atoms with E-state index in [1.807, 2.05) is 0 Å². The molecule has 3 rings (SSSR count). The van der Waals surface area contributed by atoms with Crippen molar-refractivity contribution in [2.45, 2.75) is 0 Å². The fourth-order valence-corrected chi connectivity index (χ4v) is 2.66. The van der Waals surface area contributed by atoms with Crippen molar-refractivity contribution >= 4 is 50.0 Å². The minimum absolute atomic E-state index is 0.179. The second-order valence-electron chi connectivity index (χ2n) is 4.10. The van der Waals surface area contributed by atoms with Crippen LogP contribution in [0, 0.1) is 5.82 Å². The first-order valence-corrected chi connectivity index (χ1v) is 7.18. The fourth-order valence-electron chi connectivity index (χ4n) is 1.87. The molecule has 1 heterocycles. The first-order chi connectivity index (χ1) is 9.56. The smallest absolute Gasteiger partial charge is 0.163 e. The Morgan fingerprint density at radius 3 is 2.65 bits per heavy atom. The van der Waals surface area contributed by atoms with Crippen LogP contribution in [0.15, 0.2) is 40.9 Å². The van der Waals surface area contributed by atoms with E-state index in [0.29, 0.717) is 21.8 Å². The quantitative estimate of drug-likeness (QED) is 0.527. The second kappa shape index (κ2) is 5.28. The zero-order valence-electron chi connectivity index (χ0n) is 9.87. The number of fused-ring (bicyclic) bond motifs is 1. The van der Waals surface area contributed by atoms with Gasteiger partial charge < -0.3 is 0 Å². The average Bonchev–Trinajstić information content (AvgIpc) is 2.42. The van der Waals surface area contributed by atoms with Gasteiger partial charge in [0, 0.05) is 15.4 Å². The molecule has 0 spiro atoms. The molecule has 0 N–H and O–H groups in total. The summed E-state index contributed by atoms with van der Waals surface area (Å²) in [6.07, 6.45) is 0. The van der Waals surface area contributed by atoms with Crippen LogP contribution in [-0.4, -0.2) is 9.97 Å². The number of nitrogens with zero attached hydrogens (tertiary/aromatic N) is 2. The summed E-state index contributed by atoms with van der Waals surface area (Å²) in [6.45, 7) is 0. The first kappa shape index (κ1) is 13.7. The summed E-state index contributed by atoms with van der Waals surface area (Å²) < 4.78 is 14.7. The molecule has 1 aromatic heterocycles. The van der Waals surface area contributed by atoms with Crippen LogP contribution in [0.1, 0.15) is 0 Å². The average molecular weight is 372 g/mol. The van der Waals surface area contributed by atoms with Crippen LogP contribution in [0.4, 0.5) is 4.39 Å². The Hall–Kier alpha value is -1.23. The van der Waals surface area contributed by atoms with E-state index in [4.69, 9.17) is 23.2 Å². The highest BCUT2D eigenvalue weighted by Crippen LogP contribution is 2.31. The molecule has 0 aliphatic heterocycles. The lowest BCUT2D eigenvalue weighted by atomic mass is 10.2. The summed E-state index contributed by atoms with van der Waals surface area (Å²) in [5.41, 5.74) is 0.770. The molecule has 0 fully saturated rings. The molecule has 0 radical (unpaired) electrons. The molecule has 0 aliphatic carbocycles. The first-order valence-electron chi connectivity index (χ1n) is 5.63. The van der Waals surface area contributed by atoms with Crippen LogP contribution in [0.5, 0.6) is 0 Å². The van der Waals surface area contributed by atoms with Crippen LogP contribution in [0.2, 0.25) is 10.2 Å². The summed E-state index contributed by atoms with van der Waals surface area (Å²) in [5.74, 6) is -0.155. The van der Waals surface area contributed by atoms with Gasteiger partial charge in [-0.25, -0.2) is 14.4 Å². The zero-order chi connectivity index (χ0) is 14.3. The molecule has 0 aliphatic rings. The Bertz CT molecular complexity index is 824. The second-order valence-corrected chi connectivity index (χ2v) is 5.78. The van der Waals surface area contributed by atoms with Crippen molar-refractivity contribution in [1.82, 2.24) is 9.97 Å². The van der Waals surface area contributed by atoms with Crippen LogP contribution >= 0.6 is 39.1 Å². The number of rotatable bonds is 1. The Kier molecular flexibility index (Phi) is 3.63. The van der Waals surface area contributed by atoms with Gasteiger partial charge in [-0.05, 0) is 30.3 Å². The van der Waals surface area contributed by atoms with Crippen molar-refractivity contribution in [3.05, 3.63) is 56.9 Å². The van der Waals surface area contributed by atoms with Crippen molar-refractivity contribution < 1.29 is 4.39 Å². The van der Waals surface area contributed by atoms with Crippen molar-refractivity contribution in [2.24, 2.45) is 0 Å². The van der Waals surface area contributed by atoms with E-state index in [-0.39, 0.29) is 10.7 Å². The molecule has 0 unspecified atom stereocenters. The van der Waals surface area contributed by atoms with Crippen LogP contribution in [-0.2, 0) is 0 Å². The van der Waals surface area contributed by atoms with Crippen molar-refractivity contribution in [2.75, 3.05) is 0 Å². The monoisotopic (exact) mass is 370 g/mol. The molecular weight excluding hydrogens is 366 g/mol. The van der Waals surface area contributed by atoms with Gasteiger partial charge in [-0.15, -0.1) is 0 Å². The number of benzene rings is 2. The van der Waals surface area contributed by atoms with Gasteiger partial charge in [-0.3, -0.25) is 0 Å². The third-order valence-corrected chi connectivity index (χ3v) is 3.91. The topological polar surface area (TPSA) is 25.8 Å². The Labute approximate surface area is 132 Å². The SMILES string of the molecule is Fc1cccc2c(Cl)nc(-c3cc(Br)ccc3Cl)nc12. The van der Waals surface area contributed by atoms with E-state index in [1.165, 1.54) is 6.07 Å². The van der Waals surface area contributed by atoms with Gasteiger partial charge in [0.15, 0.2) is 5.82 Å². The highest BCUT2D eigenvalue weighted by atomic mass is 79.9. The van der Waals surface area contributed by atoms with E-state index in [1.54, 1.807) is 30.3 Å². The molecule has 0 saturated heterocycles. The van der Waals surface area contributed by atoms with Crippen molar-refractivity contribution in [3.63, 3.8) is 0 Å². The molecule has 2 aromatic carbocycles. The highest BCUT2D eigenvalue weighted by Gasteiger charge is 2.13. The summed E-state index contributed by atoms with van der Waals surface area (Å²) in [7, 11) is 0. The number of hydrogen-bond acceptors (Lipinski definition) is 2. The normalized spacial score (nSPS) is 11.0. The lowest BCUT2D eigenvalue weighted by Crippen LogP contribution is -1.94. The third-order valence-electron chi connectivity index (χ3n) is 2.80. The molecule has 3 aromatic rings. The number of halogens is 4. The lowest BCUT2D eigenvalue weighted by Gasteiger charge is -2.07. The van der Waals surface area contributed by atoms with Crippen LogP contribution in [0.25, 0.3) is 22.3 Å². The minimum atomic E-state index is -0.445. The molecule has 0 saturated carbocycles. The largest absolute Gasteiger partial charge is 0.225 e. The molecular formula is C14H6BrCl2FN2. The molecule has 0 atom stereocenters. The summed E-state index contributed by atoms with van der Waals surface area (Å²) >= 11 is 15.6. The van der Waals surface area contributed by atoms with E-state index < -0.39 is 5.82 Å². The molecule has 100 valence electrons. The van der Waals surface area contributed by atoms with Crippen molar-refractivity contribution in [1.29, 1.82) is 0 Å². The summed E-state index contributed by atoms with van der Waals surface area (Å²) in [5, 5.41) is 1.14. The van der Waals surface area contributed by atoms with Crippen molar-refractivity contribution in [3.8, 4) is 11.4 Å². The number of para-hydroxylation sites is 1. The summed E-state index contributed by atoms with van der Waals surface area (Å²) in [4.78, 5) is 8.43. The molecule has 2 nitrogen and oxygen atoms in total.